The molecule has 2 amide bonds. The molecule has 0 aliphatic heterocycles. The maximum Gasteiger partial charge on any atom is 0.317 e. The number of carbonyl (C=O) groups is 1. The van der Waals surface area contributed by atoms with Gasteiger partial charge in [0.2, 0.25) is 0 Å². The Kier molecular flexibility index (Phi) is 4.11. The van der Waals surface area contributed by atoms with Crippen molar-refractivity contribution >= 4 is 6.03 Å². The molecule has 122 valence electrons. The molecule has 1 heterocycles. The van der Waals surface area contributed by atoms with E-state index in [2.05, 4.69) is 42.5 Å². The standard InChI is InChI=1S/C18H23N3O2/c1-11-5-6-14-8-12(2)17(16(14)7-11)19-18(22)21(4)10-15-9-13(3)23-20-15/h5-7,9,12,17H,8,10H2,1-4H3,(H,19,22)/t12-,17-/m1/s1. The van der Waals surface area contributed by atoms with Gasteiger partial charge in [-0.1, -0.05) is 35.8 Å². The van der Waals surface area contributed by atoms with Crippen molar-refractivity contribution in [3.63, 3.8) is 0 Å². The third kappa shape index (κ3) is 3.23. The van der Waals surface area contributed by atoms with Gasteiger partial charge in [-0.2, -0.15) is 0 Å². The number of hydrogen-bond acceptors (Lipinski definition) is 3. The maximum absolute atomic E-state index is 12.5. The van der Waals surface area contributed by atoms with Crippen LogP contribution < -0.4 is 5.32 Å². The minimum absolute atomic E-state index is 0.0684. The van der Waals surface area contributed by atoms with E-state index in [-0.39, 0.29) is 12.1 Å². The Balaban J connectivity index is 1.69. The van der Waals surface area contributed by atoms with E-state index in [0.29, 0.717) is 12.5 Å². The predicted molar refractivity (Wildman–Crippen MR) is 88.0 cm³/mol. The molecule has 1 aromatic carbocycles. The highest BCUT2D eigenvalue weighted by Gasteiger charge is 2.31. The third-order valence-electron chi connectivity index (χ3n) is 4.45. The smallest absolute Gasteiger partial charge is 0.317 e. The molecular formula is C18H23N3O2. The molecule has 1 aromatic heterocycles. The fraction of sp³-hybridized carbons (Fsp3) is 0.444. The second-order valence-electron chi connectivity index (χ2n) is 6.60. The Morgan fingerprint density at radius 2 is 2.17 bits per heavy atom. The van der Waals surface area contributed by atoms with Crippen molar-refractivity contribution in [3.8, 4) is 0 Å². The van der Waals surface area contributed by atoms with Gasteiger partial charge in [0.05, 0.1) is 12.6 Å². The van der Waals surface area contributed by atoms with Gasteiger partial charge in [0.15, 0.2) is 0 Å². The van der Waals surface area contributed by atoms with Crippen LogP contribution in [0.25, 0.3) is 0 Å². The molecule has 23 heavy (non-hydrogen) atoms. The van der Waals surface area contributed by atoms with Gasteiger partial charge in [0, 0.05) is 13.1 Å². The van der Waals surface area contributed by atoms with E-state index in [9.17, 15) is 4.79 Å². The molecule has 0 fully saturated rings. The summed E-state index contributed by atoms with van der Waals surface area (Å²) in [6, 6.07) is 8.32. The zero-order valence-corrected chi connectivity index (χ0v) is 14.1. The monoisotopic (exact) mass is 313 g/mol. The van der Waals surface area contributed by atoms with Crippen LogP contribution in [0.4, 0.5) is 4.79 Å². The average molecular weight is 313 g/mol. The fourth-order valence-electron chi connectivity index (χ4n) is 3.23. The average Bonchev–Trinajstić information content (AvgIpc) is 3.03. The highest BCUT2D eigenvalue weighted by Crippen LogP contribution is 2.36. The number of nitrogens with zero attached hydrogens (tertiary/aromatic N) is 2. The summed E-state index contributed by atoms with van der Waals surface area (Å²) in [5.41, 5.74) is 4.57. The molecule has 5 nitrogen and oxygen atoms in total. The molecule has 0 saturated heterocycles. The summed E-state index contributed by atoms with van der Waals surface area (Å²) in [5, 5.41) is 7.10. The molecule has 3 rings (SSSR count). The lowest BCUT2D eigenvalue weighted by atomic mass is 10.0. The lowest BCUT2D eigenvalue weighted by Gasteiger charge is -2.23. The van der Waals surface area contributed by atoms with Crippen molar-refractivity contribution in [2.45, 2.75) is 39.8 Å². The third-order valence-corrected chi connectivity index (χ3v) is 4.45. The van der Waals surface area contributed by atoms with Gasteiger partial charge in [-0.25, -0.2) is 4.79 Å². The molecule has 1 aliphatic rings. The van der Waals surface area contributed by atoms with Crippen LogP contribution in [0, 0.1) is 19.8 Å². The second-order valence-corrected chi connectivity index (χ2v) is 6.60. The molecule has 0 saturated carbocycles. The van der Waals surface area contributed by atoms with Gasteiger partial charge in [-0.05, 0) is 37.3 Å². The molecule has 1 N–H and O–H groups in total. The van der Waals surface area contributed by atoms with E-state index in [1.54, 1.807) is 11.9 Å². The number of aromatic nitrogens is 1. The Labute approximate surface area is 136 Å². The Hall–Kier alpha value is -2.30. The van der Waals surface area contributed by atoms with E-state index in [4.69, 9.17) is 4.52 Å². The quantitative estimate of drug-likeness (QED) is 0.945. The molecule has 2 atom stereocenters. The van der Waals surface area contributed by atoms with Crippen LogP contribution in [0.3, 0.4) is 0 Å². The molecular weight excluding hydrogens is 290 g/mol. The summed E-state index contributed by atoms with van der Waals surface area (Å²) in [5.74, 6) is 1.15. The molecule has 0 radical (unpaired) electrons. The highest BCUT2D eigenvalue weighted by molar-refractivity contribution is 5.74. The van der Waals surface area contributed by atoms with E-state index < -0.39 is 0 Å². The van der Waals surface area contributed by atoms with Crippen molar-refractivity contribution in [1.29, 1.82) is 0 Å². The number of urea groups is 1. The van der Waals surface area contributed by atoms with Gasteiger partial charge >= 0.3 is 6.03 Å². The van der Waals surface area contributed by atoms with Gasteiger partial charge in [-0.15, -0.1) is 0 Å². The maximum atomic E-state index is 12.5. The van der Waals surface area contributed by atoms with Crippen molar-refractivity contribution in [3.05, 3.63) is 52.4 Å². The number of aryl methyl sites for hydroxylation is 2. The van der Waals surface area contributed by atoms with Crippen molar-refractivity contribution in [1.82, 2.24) is 15.4 Å². The van der Waals surface area contributed by atoms with E-state index in [1.807, 2.05) is 13.0 Å². The van der Waals surface area contributed by atoms with Gasteiger partial charge in [-0.3, -0.25) is 0 Å². The van der Waals surface area contributed by atoms with Crippen LogP contribution in [0.2, 0.25) is 0 Å². The van der Waals surface area contributed by atoms with Crippen LogP contribution >= 0.6 is 0 Å². The molecule has 1 aliphatic carbocycles. The van der Waals surface area contributed by atoms with Gasteiger partial charge in [0.25, 0.3) is 0 Å². The van der Waals surface area contributed by atoms with Crippen LogP contribution in [0.1, 0.15) is 41.1 Å². The van der Waals surface area contributed by atoms with Gasteiger partial charge in [0.1, 0.15) is 11.5 Å². The highest BCUT2D eigenvalue weighted by atomic mass is 16.5. The summed E-state index contributed by atoms with van der Waals surface area (Å²) in [7, 11) is 1.77. The van der Waals surface area contributed by atoms with Crippen LogP contribution in [-0.2, 0) is 13.0 Å². The fourth-order valence-corrected chi connectivity index (χ4v) is 3.23. The van der Waals surface area contributed by atoms with Crippen molar-refractivity contribution in [2.75, 3.05) is 7.05 Å². The minimum atomic E-state index is -0.0862. The largest absolute Gasteiger partial charge is 0.361 e. The SMILES string of the molecule is Cc1ccc2c(c1)[C@H](NC(=O)N(C)Cc1cc(C)on1)[C@H](C)C2. The number of nitrogens with one attached hydrogen (secondary N) is 1. The van der Waals surface area contributed by atoms with Crippen LogP contribution in [0.15, 0.2) is 28.8 Å². The summed E-state index contributed by atoms with van der Waals surface area (Å²) in [4.78, 5) is 14.1. The van der Waals surface area contributed by atoms with Gasteiger partial charge < -0.3 is 14.7 Å². The minimum Gasteiger partial charge on any atom is -0.361 e. The normalized spacial score (nSPS) is 19.5. The Morgan fingerprint density at radius 1 is 1.39 bits per heavy atom. The number of benzene rings is 1. The van der Waals surface area contributed by atoms with Crippen molar-refractivity contribution < 1.29 is 9.32 Å². The van der Waals surface area contributed by atoms with E-state index >= 15 is 0 Å². The summed E-state index contributed by atoms with van der Waals surface area (Å²) >= 11 is 0. The zero-order chi connectivity index (χ0) is 16.6. The number of carbonyl (C=O) groups excluding carboxylic acids is 1. The second kappa shape index (κ2) is 6.07. The van der Waals surface area contributed by atoms with E-state index in [1.165, 1.54) is 16.7 Å². The summed E-state index contributed by atoms with van der Waals surface area (Å²) in [6.45, 7) is 6.55. The molecule has 0 bridgehead atoms. The lowest BCUT2D eigenvalue weighted by Crippen LogP contribution is -2.40. The number of rotatable bonds is 3. The first-order valence-corrected chi connectivity index (χ1v) is 7.97. The molecule has 5 heteroatoms. The summed E-state index contributed by atoms with van der Waals surface area (Å²) in [6.07, 6.45) is 1.01. The number of hydrogen-bond donors (Lipinski definition) is 1. The number of amides is 2. The first-order chi connectivity index (χ1) is 10.9. The Morgan fingerprint density at radius 3 is 2.87 bits per heavy atom. The predicted octanol–water partition coefficient (Wildman–Crippen LogP) is 3.37. The molecule has 0 spiro atoms. The topological polar surface area (TPSA) is 58.4 Å². The molecule has 0 unspecified atom stereocenters. The van der Waals surface area contributed by atoms with Crippen LogP contribution in [-0.4, -0.2) is 23.1 Å². The lowest BCUT2D eigenvalue weighted by molar-refractivity contribution is 0.198. The first kappa shape index (κ1) is 15.6. The van der Waals surface area contributed by atoms with E-state index in [0.717, 1.165) is 17.9 Å². The van der Waals surface area contributed by atoms with Crippen LogP contribution in [0.5, 0.6) is 0 Å². The Bertz CT molecular complexity index is 723. The summed E-state index contributed by atoms with van der Waals surface area (Å²) < 4.78 is 5.05. The number of fused-ring (bicyclic) bond motifs is 1. The molecule has 2 aromatic rings. The zero-order valence-electron chi connectivity index (χ0n) is 14.1. The van der Waals surface area contributed by atoms with Crippen molar-refractivity contribution in [2.24, 2.45) is 5.92 Å². The first-order valence-electron chi connectivity index (χ1n) is 7.97.